The van der Waals surface area contributed by atoms with Gasteiger partial charge in [0, 0.05) is 44.8 Å². The highest BCUT2D eigenvalue weighted by Gasteiger charge is 2.55. The lowest BCUT2D eigenvalue weighted by molar-refractivity contribution is -0.172. The summed E-state index contributed by atoms with van der Waals surface area (Å²) >= 11 is 0. The molecule has 10 heteroatoms. The number of fused-ring (bicyclic) bond motifs is 2. The Kier molecular flexibility index (Phi) is 11.1. The third-order valence-electron chi connectivity index (χ3n) is 10.3. The van der Waals surface area contributed by atoms with Gasteiger partial charge in [-0.15, -0.1) is 0 Å². The summed E-state index contributed by atoms with van der Waals surface area (Å²) in [6.45, 7) is -0.178. The number of carbonyl (C=O) groups is 3. The highest BCUT2D eigenvalue weighted by molar-refractivity contribution is 5.97. The smallest absolute Gasteiger partial charge is 0.338 e. The third kappa shape index (κ3) is 8.16. The molecule has 54 heavy (non-hydrogen) atoms. The number of ether oxygens (including phenoxy) is 3. The van der Waals surface area contributed by atoms with Crippen LogP contribution in [0.25, 0.3) is 6.08 Å². The van der Waals surface area contributed by atoms with Gasteiger partial charge in [-0.25, -0.2) is 4.79 Å². The highest BCUT2D eigenvalue weighted by Crippen LogP contribution is 2.45. The zero-order chi connectivity index (χ0) is 37.7. The minimum atomic E-state index is -0.970. The van der Waals surface area contributed by atoms with E-state index in [2.05, 4.69) is 17.4 Å². The van der Waals surface area contributed by atoms with Gasteiger partial charge >= 0.3 is 5.97 Å². The minimum Gasteiger partial charge on any atom is -0.508 e. The van der Waals surface area contributed by atoms with E-state index in [1.165, 1.54) is 4.90 Å². The maximum Gasteiger partial charge on any atom is 0.338 e. The summed E-state index contributed by atoms with van der Waals surface area (Å²) in [5, 5.41) is 22.2. The number of esters is 1. The zero-order valence-corrected chi connectivity index (χ0v) is 30.1. The molecule has 4 unspecified atom stereocenters. The minimum absolute atomic E-state index is 0.0545. The van der Waals surface area contributed by atoms with E-state index in [-0.39, 0.29) is 31.7 Å². The van der Waals surface area contributed by atoms with Gasteiger partial charge < -0.3 is 34.6 Å². The van der Waals surface area contributed by atoms with Crippen molar-refractivity contribution in [3.8, 4) is 5.75 Å². The van der Waals surface area contributed by atoms with Crippen LogP contribution in [-0.2, 0) is 49.5 Å². The van der Waals surface area contributed by atoms with Gasteiger partial charge in [-0.05, 0) is 58.5 Å². The van der Waals surface area contributed by atoms with Gasteiger partial charge in [-0.1, -0.05) is 97.1 Å². The third-order valence-corrected chi connectivity index (χ3v) is 10.3. The molecule has 4 aromatic carbocycles. The maximum absolute atomic E-state index is 14.3. The number of nitrogens with zero attached hydrogens (tertiary/aromatic N) is 1. The van der Waals surface area contributed by atoms with Gasteiger partial charge in [0.2, 0.25) is 11.8 Å². The number of amides is 2. The molecule has 3 aliphatic rings. The molecule has 4 atom stereocenters. The number of phenolic OH excluding ortho intramolecular Hbond substituents is 1. The van der Waals surface area contributed by atoms with Crippen molar-refractivity contribution in [3.63, 3.8) is 0 Å². The van der Waals surface area contributed by atoms with Crippen LogP contribution < -0.4 is 5.32 Å². The van der Waals surface area contributed by atoms with Gasteiger partial charge in [0.05, 0.1) is 12.2 Å². The molecule has 4 aromatic rings. The number of nitrogens with one attached hydrogen (secondary N) is 1. The molecule has 1 heterocycles. The SMILES string of the molecule is CN(C(=O)C1=CC2OC3(Cc4ccccc4C3)OC2C(OC(=O)c2cccc(C=CCc3ccccc3O)c2)C1)C(Cc1ccccc1)C(=O)NCCO. The topological polar surface area (TPSA) is 135 Å². The first-order valence-corrected chi connectivity index (χ1v) is 18.3. The number of aliphatic hydroxyl groups excluding tert-OH is 1. The van der Waals surface area contributed by atoms with Crippen LogP contribution in [0, 0.1) is 0 Å². The first kappa shape index (κ1) is 36.8. The first-order chi connectivity index (χ1) is 26.2. The molecule has 7 rings (SSSR count). The predicted octanol–water partition coefficient (Wildman–Crippen LogP) is 4.96. The van der Waals surface area contributed by atoms with Crippen molar-refractivity contribution >= 4 is 23.9 Å². The van der Waals surface area contributed by atoms with E-state index >= 15 is 0 Å². The van der Waals surface area contributed by atoms with Crippen LogP contribution in [0.5, 0.6) is 5.75 Å². The predicted molar refractivity (Wildman–Crippen MR) is 202 cm³/mol. The number of hydrogen-bond donors (Lipinski definition) is 3. The molecule has 1 saturated heterocycles. The maximum atomic E-state index is 14.3. The Labute approximate surface area is 314 Å². The van der Waals surface area contributed by atoms with Crippen LogP contribution in [0.1, 0.15) is 44.6 Å². The van der Waals surface area contributed by atoms with E-state index < -0.39 is 47.9 Å². The largest absolute Gasteiger partial charge is 0.508 e. The van der Waals surface area contributed by atoms with Crippen molar-refractivity contribution in [1.82, 2.24) is 10.2 Å². The molecule has 1 fully saturated rings. The summed E-state index contributed by atoms with van der Waals surface area (Å²) in [6.07, 6.45) is 5.22. The number of phenols is 1. The molecule has 1 spiro atoms. The van der Waals surface area contributed by atoms with E-state index in [9.17, 15) is 24.6 Å². The van der Waals surface area contributed by atoms with Crippen molar-refractivity contribution < 1.29 is 38.8 Å². The normalized spacial score (nSPS) is 20.2. The fourth-order valence-corrected chi connectivity index (χ4v) is 7.54. The summed E-state index contributed by atoms with van der Waals surface area (Å²) in [6, 6.07) is 30.8. The van der Waals surface area contributed by atoms with E-state index in [4.69, 9.17) is 14.2 Å². The Morgan fingerprint density at radius 1 is 0.944 bits per heavy atom. The number of aliphatic hydroxyl groups is 1. The van der Waals surface area contributed by atoms with Crippen LogP contribution in [0.4, 0.5) is 0 Å². The number of benzene rings is 4. The number of allylic oxidation sites excluding steroid dienone is 1. The summed E-state index contributed by atoms with van der Waals surface area (Å²) < 4.78 is 19.5. The van der Waals surface area contributed by atoms with E-state index in [0.29, 0.717) is 30.4 Å². The van der Waals surface area contributed by atoms with Crippen molar-refractivity contribution in [3.05, 3.63) is 154 Å². The van der Waals surface area contributed by atoms with Gasteiger partial charge in [0.1, 0.15) is 30.1 Å². The Morgan fingerprint density at radius 3 is 2.41 bits per heavy atom. The van der Waals surface area contributed by atoms with Crippen LogP contribution >= 0.6 is 0 Å². The molecule has 3 N–H and O–H groups in total. The number of aromatic hydroxyl groups is 1. The molecule has 2 aliphatic carbocycles. The highest BCUT2D eigenvalue weighted by atomic mass is 16.8. The molecular weight excluding hydrogens is 684 g/mol. The second kappa shape index (κ2) is 16.2. The lowest BCUT2D eigenvalue weighted by Crippen LogP contribution is -2.51. The van der Waals surface area contributed by atoms with Crippen molar-refractivity contribution in [2.45, 2.75) is 62.2 Å². The lowest BCUT2D eigenvalue weighted by atomic mass is 9.90. The van der Waals surface area contributed by atoms with Gasteiger partial charge in [0.25, 0.3) is 0 Å². The number of hydrogen-bond acceptors (Lipinski definition) is 8. The molecule has 2 amide bonds. The molecule has 0 radical (unpaired) electrons. The van der Waals surface area contributed by atoms with E-state index in [1.807, 2.05) is 72.8 Å². The summed E-state index contributed by atoms with van der Waals surface area (Å²) in [5.41, 5.74) is 5.37. The molecule has 0 bridgehead atoms. The molecule has 278 valence electrons. The second-order valence-electron chi connectivity index (χ2n) is 14.0. The monoisotopic (exact) mass is 728 g/mol. The molecule has 0 saturated carbocycles. The van der Waals surface area contributed by atoms with Crippen LogP contribution in [0.15, 0.2) is 121 Å². The van der Waals surface area contributed by atoms with E-state index in [0.717, 1.165) is 27.8 Å². The quantitative estimate of drug-likeness (QED) is 0.175. The zero-order valence-electron chi connectivity index (χ0n) is 30.1. The van der Waals surface area contributed by atoms with Crippen molar-refractivity contribution in [1.29, 1.82) is 0 Å². The van der Waals surface area contributed by atoms with Gasteiger partial charge in [-0.3, -0.25) is 9.59 Å². The summed E-state index contributed by atoms with van der Waals surface area (Å²) in [7, 11) is 1.59. The fourth-order valence-electron chi connectivity index (χ4n) is 7.54. The lowest BCUT2D eigenvalue weighted by Gasteiger charge is -2.33. The molecule has 1 aliphatic heterocycles. The average Bonchev–Trinajstić information content (AvgIpc) is 3.74. The standard InChI is InChI=1S/C44H44N2O8/c1-46(36(41(49)45-21-22-47)24-30-11-3-2-4-12-30)42(50)35-25-38(40-39(26-35)53-44(54-40)27-33-16-5-6-17-34(33)28-44)52-43(51)32-19-10-14-29(23-32)13-9-18-31-15-7-8-20-37(31)48/h2-17,19-20,23,26,36,38-40,47-48H,18,21-22,24-25,27-28H2,1H3,(H,45,49). The second-order valence-corrected chi connectivity index (χ2v) is 14.0. The molecular formula is C44H44N2O8. The number of para-hydroxylation sites is 1. The van der Waals surface area contributed by atoms with Crippen LogP contribution in [-0.4, -0.2) is 83.2 Å². The van der Waals surface area contributed by atoms with E-state index in [1.54, 1.807) is 43.5 Å². The summed E-state index contributed by atoms with van der Waals surface area (Å²) in [5.74, 6) is -2.10. The van der Waals surface area contributed by atoms with Crippen molar-refractivity contribution in [2.75, 3.05) is 20.2 Å². The number of likely N-dealkylation sites (N-methyl/N-ethyl adjacent to an activating group) is 1. The number of carbonyl (C=O) groups excluding carboxylic acids is 3. The van der Waals surface area contributed by atoms with Gasteiger partial charge in [-0.2, -0.15) is 0 Å². The molecule has 10 nitrogen and oxygen atoms in total. The van der Waals surface area contributed by atoms with Crippen LogP contribution in [0.2, 0.25) is 0 Å². The van der Waals surface area contributed by atoms with Gasteiger partial charge in [0.15, 0.2) is 5.79 Å². The Hall–Kier alpha value is -5.55. The summed E-state index contributed by atoms with van der Waals surface area (Å²) in [4.78, 5) is 42.9. The Balaban J connectivity index is 1.13. The Bertz CT molecular complexity index is 2040. The first-order valence-electron chi connectivity index (χ1n) is 18.3. The van der Waals surface area contributed by atoms with Crippen LogP contribution in [0.3, 0.4) is 0 Å². The average molecular weight is 729 g/mol. The molecule has 0 aromatic heterocycles. The fraction of sp³-hybridized carbons (Fsp3) is 0.295. The van der Waals surface area contributed by atoms with Crippen molar-refractivity contribution in [2.24, 2.45) is 0 Å². The Morgan fingerprint density at radius 2 is 1.67 bits per heavy atom. The number of rotatable bonds is 12.